The van der Waals surface area contributed by atoms with E-state index in [0.29, 0.717) is 11.3 Å². The number of rotatable bonds is 4. The first kappa shape index (κ1) is 13.0. The quantitative estimate of drug-likeness (QED) is 0.924. The number of hydrogen-bond donors (Lipinski definition) is 1. The largest absolute Gasteiger partial charge is 0.497 e. The van der Waals surface area contributed by atoms with Gasteiger partial charge in [-0.3, -0.25) is 0 Å². The molecular weight excluding hydrogens is 251 g/mol. The summed E-state index contributed by atoms with van der Waals surface area (Å²) in [5.74, 6) is 0.244. The van der Waals surface area contributed by atoms with Crippen LogP contribution in [0.5, 0.6) is 5.75 Å². The van der Waals surface area contributed by atoms with Gasteiger partial charge in [0.1, 0.15) is 11.6 Å². The molecule has 1 heterocycles. The Morgan fingerprint density at radius 2 is 2.22 bits per heavy atom. The number of nitrogens with zero attached hydrogens (tertiary/aromatic N) is 1. The van der Waals surface area contributed by atoms with Gasteiger partial charge in [0.25, 0.3) is 0 Å². The second-order valence-corrected chi connectivity index (χ2v) is 4.80. The average Bonchev–Trinajstić information content (AvgIpc) is 2.78. The lowest BCUT2D eigenvalue weighted by Crippen LogP contribution is -2.18. The highest BCUT2D eigenvalue weighted by atomic mass is 32.1. The molecule has 0 radical (unpaired) electrons. The van der Waals surface area contributed by atoms with Crippen LogP contribution in [-0.4, -0.2) is 19.1 Å². The first-order chi connectivity index (χ1) is 8.67. The maximum absolute atomic E-state index is 14.1. The first-order valence-corrected chi connectivity index (χ1v) is 6.46. The molecule has 1 atom stereocenters. The van der Waals surface area contributed by atoms with Gasteiger partial charge in [0.2, 0.25) is 0 Å². The third-order valence-corrected chi connectivity index (χ3v) is 3.85. The molecule has 1 unspecified atom stereocenters. The lowest BCUT2D eigenvalue weighted by atomic mass is 10.0. The standard InChI is InChI=1S/C13H15FN2OS/c1-8-13(18-7-16-8)12(15-2)10-5-4-9(17-3)6-11(10)14/h4-7,12,15H,1-3H3. The molecular formula is C13H15FN2OS. The van der Waals surface area contributed by atoms with Gasteiger partial charge in [-0.15, -0.1) is 11.3 Å². The van der Waals surface area contributed by atoms with Crippen molar-refractivity contribution >= 4 is 11.3 Å². The van der Waals surface area contributed by atoms with Crippen LogP contribution in [0.3, 0.4) is 0 Å². The van der Waals surface area contributed by atoms with Crippen LogP contribution >= 0.6 is 11.3 Å². The fraction of sp³-hybridized carbons (Fsp3) is 0.308. The van der Waals surface area contributed by atoms with Gasteiger partial charge >= 0.3 is 0 Å². The molecule has 1 aromatic heterocycles. The number of methoxy groups -OCH3 is 1. The Bertz CT molecular complexity index is 542. The van der Waals surface area contributed by atoms with E-state index in [9.17, 15) is 4.39 Å². The zero-order valence-electron chi connectivity index (χ0n) is 10.5. The van der Waals surface area contributed by atoms with Gasteiger partial charge < -0.3 is 10.1 Å². The van der Waals surface area contributed by atoms with Gasteiger partial charge in [0, 0.05) is 16.5 Å². The normalized spacial score (nSPS) is 12.4. The van der Waals surface area contributed by atoms with Crippen molar-refractivity contribution in [2.24, 2.45) is 0 Å². The van der Waals surface area contributed by atoms with Crippen LogP contribution in [0.1, 0.15) is 22.2 Å². The van der Waals surface area contributed by atoms with Crippen LogP contribution in [0.2, 0.25) is 0 Å². The number of halogens is 1. The van der Waals surface area contributed by atoms with Crippen LogP contribution in [0.25, 0.3) is 0 Å². The van der Waals surface area contributed by atoms with Crippen molar-refractivity contribution in [3.05, 3.63) is 45.7 Å². The van der Waals surface area contributed by atoms with Crippen molar-refractivity contribution in [3.8, 4) is 5.75 Å². The molecule has 0 aliphatic carbocycles. The minimum absolute atomic E-state index is 0.177. The summed E-state index contributed by atoms with van der Waals surface area (Å²) in [4.78, 5) is 5.23. The molecule has 0 aliphatic rings. The zero-order valence-corrected chi connectivity index (χ0v) is 11.3. The molecule has 3 nitrogen and oxygen atoms in total. The second kappa shape index (κ2) is 5.46. The molecule has 18 heavy (non-hydrogen) atoms. The summed E-state index contributed by atoms with van der Waals surface area (Å²) in [6.45, 7) is 1.93. The summed E-state index contributed by atoms with van der Waals surface area (Å²) in [7, 11) is 3.34. The predicted molar refractivity (Wildman–Crippen MR) is 70.7 cm³/mol. The summed E-state index contributed by atoms with van der Waals surface area (Å²) in [5, 5.41) is 3.13. The fourth-order valence-corrected chi connectivity index (χ4v) is 2.81. The lowest BCUT2D eigenvalue weighted by Gasteiger charge is -2.17. The van der Waals surface area contributed by atoms with Crippen molar-refractivity contribution in [1.29, 1.82) is 0 Å². The summed E-state index contributed by atoms with van der Waals surface area (Å²) < 4.78 is 19.1. The van der Waals surface area contributed by atoms with E-state index < -0.39 is 0 Å². The van der Waals surface area contributed by atoms with Crippen molar-refractivity contribution in [3.63, 3.8) is 0 Å². The Labute approximate surface area is 110 Å². The second-order valence-electron chi connectivity index (χ2n) is 3.91. The van der Waals surface area contributed by atoms with Gasteiger partial charge in [-0.25, -0.2) is 9.37 Å². The monoisotopic (exact) mass is 266 g/mol. The molecule has 2 rings (SSSR count). The number of thiazole rings is 1. The number of aryl methyl sites for hydroxylation is 1. The molecule has 1 N–H and O–H groups in total. The van der Waals surface area contributed by atoms with E-state index in [2.05, 4.69) is 10.3 Å². The van der Waals surface area contributed by atoms with E-state index in [1.54, 1.807) is 17.6 Å². The number of hydrogen-bond acceptors (Lipinski definition) is 4. The molecule has 1 aromatic carbocycles. The van der Waals surface area contributed by atoms with Crippen molar-refractivity contribution in [2.75, 3.05) is 14.2 Å². The molecule has 5 heteroatoms. The molecule has 2 aromatic rings. The van der Waals surface area contributed by atoms with Gasteiger partial charge in [0.15, 0.2) is 0 Å². The number of aromatic nitrogens is 1. The zero-order chi connectivity index (χ0) is 13.1. The van der Waals surface area contributed by atoms with Crippen molar-refractivity contribution < 1.29 is 9.13 Å². The number of ether oxygens (including phenoxy) is 1. The van der Waals surface area contributed by atoms with E-state index >= 15 is 0 Å². The van der Waals surface area contributed by atoms with Crippen LogP contribution in [0.15, 0.2) is 23.7 Å². The topological polar surface area (TPSA) is 34.1 Å². The minimum Gasteiger partial charge on any atom is -0.497 e. The summed E-state index contributed by atoms with van der Waals surface area (Å²) in [5.41, 5.74) is 3.30. The highest BCUT2D eigenvalue weighted by molar-refractivity contribution is 7.09. The van der Waals surface area contributed by atoms with E-state index in [-0.39, 0.29) is 11.9 Å². The molecule has 0 amide bonds. The van der Waals surface area contributed by atoms with Crippen LogP contribution in [0, 0.1) is 12.7 Å². The molecule has 0 aliphatic heterocycles. The number of nitrogens with one attached hydrogen (secondary N) is 1. The highest BCUT2D eigenvalue weighted by Crippen LogP contribution is 2.30. The van der Waals surface area contributed by atoms with Crippen LogP contribution < -0.4 is 10.1 Å². The van der Waals surface area contributed by atoms with Gasteiger partial charge in [-0.2, -0.15) is 0 Å². The Morgan fingerprint density at radius 1 is 1.44 bits per heavy atom. The maximum Gasteiger partial charge on any atom is 0.132 e. The van der Waals surface area contributed by atoms with Gasteiger partial charge in [0.05, 0.1) is 24.4 Å². The summed E-state index contributed by atoms with van der Waals surface area (Å²) in [6, 6.07) is 4.73. The molecule has 0 spiro atoms. The third-order valence-electron chi connectivity index (χ3n) is 2.85. The fourth-order valence-electron chi connectivity index (χ4n) is 1.88. The van der Waals surface area contributed by atoms with E-state index in [0.717, 1.165) is 10.6 Å². The smallest absolute Gasteiger partial charge is 0.132 e. The Kier molecular flexibility index (Phi) is 3.93. The van der Waals surface area contributed by atoms with Crippen molar-refractivity contribution in [1.82, 2.24) is 10.3 Å². The molecule has 0 fully saturated rings. The number of benzene rings is 1. The van der Waals surface area contributed by atoms with E-state index in [1.165, 1.54) is 24.5 Å². The first-order valence-electron chi connectivity index (χ1n) is 5.58. The van der Waals surface area contributed by atoms with Gasteiger partial charge in [-0.05, 0) is 20.0 Å². The summed E-state index contributed by atoms with van der Waals surface area (Å²) >= 11 is 1.52. The van der Waals surface area contributed by atoms with Gasteiger partial charge in [-0.1, -0.05) is 6.07 Å². The Hall–Kier alpha value is -1.46. The lowest BCUT2D eigenvalue weighted by molar-refractivity contribution is 0.410. The molecule has 0 saturated heterocycles. The molecule has 96 valence electrons. The Balaban J connectivity index is 2.42. The summed E-state index contributed by atoms with van der Waals surface area (Å²) in [6.07, 6.45) is 0. The average molecular weight is 266 g/mol. The van der Waals surface area contributed by atoms with Crippen molar-refractivity contribution in [2.45, 2.75) is 13.0 Å². The SMILES string of the molecule is CNC(c1ccc(OC)cc1F)c1scnc1C. The van der Waals surface area contributed by atoms with Crippen LogP contribution in [-0.2, 0) is 0 Å². The van der Waals surface area contributed by atoms with E-state index in [4.69, 9.17) is 4.74 Å². The highest BCUT2D eigenvalue weighted by Gasteiger charge is 2.20. The predicted octanol–water partition coefficient (Wildman–Crippen LogP) is 2.91. The molecule has 0 bridgehead atoms. The Morgan fingerprint density at radius 3 is 2.72 bits per heavy atom. The maximum atomic E-state index is 14.1. The minimum atomic E-state index is -0.276. The van der Waals surface area contributed by atoms with E-state index in [1.807, 2.05) is 14.0 Å². The third kappa shape index (κ3) is 2.37. The molecule has 0 saturated carbocycles. The van der Waals surface area contributed by atoms with Crippen LogP contribution in [0.4, 0.5) is 4.39 Å².